The van der Waals surface area contributed by atoms with E-state index >= 15 is 0 Å². The molecule has 0 saturated carbocycles. The highest BCUT2D eigenvalue weighted by Gasteiger charge is 2.36. The van der Waals surface area contributed by atoms with Gasteiger partial charge in [0.05, 0.1) is 21.4 Å². The summed E-state index contributed by atoms with van der Waals surface area (Å²) in [7, 11) is -0.629. The first-order valence-electron chi connectivity index (χ1n) is 7.59. The number of benzene rings is 3. The highest BCUT2D eigenvalue weighted by molar-refractivity contribution is 6.65. The van der Waals surface area contributed by atoms with Crippen LogP contribution in [0, 0.1) is 0 Å². The number of hydrogen-bond acceptors (Lipinski definition) is 4. The molecule has 25 heavy (non-hydrogen) atoms. The SMILES string of the molecule is Clc1cc2c(cc1Cl)OB(c1ccccc1N=Nc1ccccc1)O2. The molecule has 1 aliphatic heterocycles. The van der Waals surface area contributed by atoms with Crippen molar-refractivity contribution < 1.29 is 9.31 Å². The van der Waals surface area contributed by atoms with Gasteiger partial charge < -0.3 is 9.31 Å². The van der Waals surface area contributed by atoms with Crippen molar-refractivity contribution in [3.8, 4) is 11.5 Å². The summed E-state index contributed by atoms with van der Waals surface area (Å²) >= 11 is 12.1. The van der Waals surface area contributed by atoms with Crippen LogP contribution in [0.4, 0.5) is 11.4 Å². The van der Waals surface area contributed by atoms with Gasteiger partial charge in [0.25, 0.3) is 0 Å². The first-order chi connectivity index (χ1) is 12.2. The Hall–Kier alpha value is -2.50. The fraction of sp³-hybridized carbons (Fsp3) is 0. The van der Waals surface area contributed by atoms with E-state index in [2.05, 4.69) is 10.2 Å². The van der Waals surface area contributed by atoms with Gasteiger partial charge in [-0.1, -0.05) is 59.6 Å². The molecule has 0 aliphatic carbocycles. The average molecular weight is 369 g/mol. The third kappa shape index (κ3) is 3.34. The number of rotatable bonds is 3. The Balaban J connectivity index is 1.63. The van der Waals surface area contributed by atoms with E-state index in [1.165, 1.54) is 0 Å². The first kappa shape index (κ1) is 16.0. The Labute approximate surface area is 155 Å². The zero-order valence-corrected chi connectivity index (χ0v) is 14.4. The molecule has 0 unspecified atom stereocenters. The molecule has 0 atom stereocenters. The maximum Gasteiger partial charge on any atom is 0.635 e. The van der Waals surface area contributed by atoms with Gasteiger partial charge in [0, 0.05) is 17.6 Å². The molecule has 122 valence electrons. The number of hydrogen-bond donors (Lipinski definition) is 0. The van der Waals surface area contributed by atoms with Crippen molar-refractivity contribution >= 4 is 47.2 Å². The van der Waals surface area contributed by atoms with Gasteiger partial charge in [-0.15, -0.1) is 0 Å². The summed E-state index contributed by atoms with van der Waals surface area (Å²) in [6, 6.07) is 20.3. The fourth-order valence-corrected chi connectivity index (χ4v) is 2.77. The van der Waals surface area contributed by atoms with Gasteiger partial charge in [-0.05, 0) is 18.2 Å². The molecule has 0 bridgehead atoms. The predicted molar refractivity (Wildman–Crippen MR) is 100 cm³/mol. The molecule has 7 heteroatoms. The van der Waals surface area contributed by atoms with E-state index in [1.807, 2.05) is 54.6 Å². The summed E-state index contributed by atoms with van der Waals surface area (Å²) < 4.78 is 11.7. The predicted octanol–water partition coefficient (Wildman–Crippen LogP) is 5.58. The lowest BCUT2D eigenvalue weighted by Gasteiger charge is -2.07. The zero-order chi connectivity index (χ0) is 17.2. The summed E-state index contributed by atoms with van der Waals surface area (Å²) in [5.41, 5.74) is 2.21. The summed E-state index contributed by atoms with van der Waals surface area (Å²) in [4.78, 5) is 0. The molecule has 4 nitrogen and oxygen atoms in total. The van der Waals surface area contributed by atoms with Gasteiger partial charge in [0.15, 0.2) is 0 Å². The van der Waals surface area contributed by atoms with E-state index in [9.17, 15) is 0 Å². The summed E-state index contributed by atoms with van der Waals surface area (Å²) in [6.45, 7) is 0. The second-order valence-electron chi connectivity index (χ2n) is 5.38. The third-order valence-electron chi connectivity index (χ3n) is 3.67. The smallest absolute Gasteiger partial charge is 0.519 e. The Morgan fingerprint density at radius 2 is 1.32 bits per heavy atom. The van der Waals surface area contributed by atoms with E-state index in [0.717, 1.165) is 11.2 Å². The lowest BCUT2D eigenvalue weighted by molar-refractivity contribution is 0.519. The van der Waals surface area contributed by atoms with Crippen molar-refractivity contribution in [3.05, 3.63) is 76.8 Å². The molecule has 4 rings (SSSR count). The molecule has 0 aromatic heterocycles. The molecular weight excluding hydrogens is 358 g/mol. The van der Waals surface area contributed by atoms with Crippen LogP contribution in [-0.2, 0) is 0 Å². The van der Waals surface area contributed by atoms with Crippen LogP contribution in [0.15, 0.2) is 77.0 Å². The molecule has 3 aromatic rings. The molecule has 0 saturated heterocycles. The largest absolute Gasteiger partial charge is 0.635 e. The lowest BCUT2D eigenvalue weighted by Crippen LogP contribution is -2.39. The second kappa shape index (κ2) is 6.79. The van der Waals surface area contributed by atoms with Gasteiger partial charge in [0.2, 0.25) is 0 Å². The minimum absolute atomic E-state index is 0.418. The molecule has 3 aromatic carbocycles. The van der Waals surface area contributed by atoms with E-state index < -0.39 is 7.12 Å². The van der Waals surface area contributed by atoms with Crippen molar-refractivity contribution in [1.29, 1.82) is 0 Å². The van der Waals surface area contributed by atoms with Gasteiger partial charge in [-0.2, -0.15) is 10.2 Å². The van der Waals surface area contributed by atoms with E-state index in [1.54, 1.807) is 12.1 Å². The Kier molecular flexibility index (Phi) is 4.34. The normalized spacial score (nSPS) is 12.8. The highest BCUT2D eigenvalue weighted by atomic mass is 35.5. The average Bonchev–Trinajstić information content (AvgIpc) is 3.04. The van der Waals surface area contributed by atoms with Crippen molar-refractivity contribution in [2.24, 2.45) is 10.2 Å². The number of fused-ring (bicyclic) bond motifs is 1. The van der Waals surface area contributed by atoms with Crippen LogP contribution < -0.4 is 14.8 Å². The number of halogens is 2. The minimum Gasteiger partial charge on any atom is -0.519 e. The molecule has 0 fully saturated rings. The van der Waals surface area contributed by atoms with Crippen molar-refractivity contribution in [3.63, 3.8) is 0 Å². The topological polar surface area (TPSA) is 43.2 Å². The lowest BCUT2D eigenvalue weighted by atomic mass is 9.78. The summed E-state index contributed by atoms with van der Waals surface area (Å²) in [5.74, 6) is 1.10. The van der Waals surface area contributed by atoms with E-state index in [0.29, 0.717) is 27.2 Å². The first-order valence-corrected chi connectivity index (χ1v) is 8.34. The third-order valence-corrected chi connectivity index (χ3v) is 4.40. The van der Waals surface area contributed by atoms with Gasteiger partial charge >= 0.3 is 7.12 Å². The van der Waals surface area contributed by atoms with Gasteiger partial charge in [-0.25, -0.2) is 0 Å². The highest BCUT2D eigenvalue weighted by Crippen LogP contribution is 2.40. The van der Waals surface area contributed by atoms with E-state index in [-0.39, 0.29) is 0 Å². The van der Waals surface area contributed by atoms with Crippen LogP contribution in [0.25, 0.3) is 0 Å². The van der Waals surface area contributed by atoms with Crippen LogP contribution in [0.2, 0.25) is 10.0 Å². The monoisotopic (exact) mass is 368 g/mol. The van der Waals surface area contributed by atoms with E-state index in [4.69, 9.17) is 32.5 Å². The molecule has 0 spiro atoms. The Morgan fingerprint density at radius 3 is 2.00 bits per heavy atom. The quantitative estimate of drug-likeness (QED) is 0.447. The molecule has 0 N–H and O–H groups in total. The van der Waals surface area contributed by atoms with Crippen molar-refractivity contribution in [2.45, 2.75) is 0 Å². The fourth-order valence-electron chi connectivity index (χ4n) is 2.46. The van der Waals surface area contributed by atoms with Gasteiger partial charge in [-0.3, -0.25) is 0 Å². The Morgan fingerprint density at radius 1 is 0.720 bits per heavy atom. The summed E-state index contributed by atoms with van der Waals surface area (Å²) in [6.07, 6.45) is 0. The van der Waals surface area contributed by atoms with Crippen molar-refractivity contribution in [2.75, 3.05) is 0 Å². The second-order valence-corrected chi connectivity index (χ2v) is 6.19. The molecule has 0 radical (unpaired) electrons. The Bertz CT molecular complexity index is 920. The van der Waals surface area contributed by atoms with Crippen molar-refractivity contribution in [1.82, 2.24) is 0 Å². The zero-order valence-electron chi connectivity index (χ0n) is 12.9. The minimum atomic E-state index is -0.629. The standard InChI is InChI=1S/C18H11BCl2N2O2/c20-14-10-17-18(11-15(14)21)25-19(24-17)13-8-4-5-9-16(13)23-22-12-6-2-1-3-7-12/h1-11H. The van der Waals surface area contributed by atoms with Crippen LogP contribution in [0.1, 0.15) is 0 Å². The summed E-state index contributed by atoms with van der Waals surface area (Å²) in [5, 5.41) is 9.43. The van der Waals surface area contributed by atoms with Crippen LogP contribution in [0.5, 0.6) is 11.5 Å². The molecular formula is C18H11BCl2N2O2. The maximum atomic E-state index is 6.03. The number of nitrogens with zero attached hydrogens (tertiary/aromatic N) is 2. The van der Waals surface area contributed by atoms with Crippen LogP contribution in [-0.4, -0.2) is 7.12 Å². The maximum absolute atomic E-state index is 6.03. The molecule has 1 aliphatic rings. The van der Waals surface area contributed by atoms with Crippen LogP contribution in [0.3, 0.4) is 0 Å². The molecule has 0 amide bonds. The number of azo groups is 1. The van der Waals surface area contributed by atoms with Crippen LogP contribution >= 0.6 is 23.2 Å². The van der Waals surface area contributed by atoms with Gasteiger partial charge in [0.1, 0.15) is 11.5 Å². The molecule has 1 heterocycles.